The summed E-state index contributed by atoms with van der Waals surface area (Å²) in [6.45, 7) is 3.96. The second-order valence-electron chi connectivity index (χ2n) is 11.5. The minimum Gasteiger partial charge on any atom is -0.497 e. The molecule has 0 radical (unpaired) electrons. The maximum absolute atomic E-state index is 13.5. The average molecular weight is 635 g/mol. The van der Waals surface area contributed by atoms with Crippen molar-refractivity contribution < 1.29 is 29.0 Å². The van der Waals surface area contributed by atoms with Gasteiger partial charge in [0.05, 0.1) is 37.4 Å². The van der Waals surface area contributed by atoms with E-state index in [1.807, 2.05) is 54.3 Å². The standard InChI is InChI=1S/C37H38N4O6/c1-25-8-12-27(13-9-25)31(24-35(43)44)39-36(45)29-14-17-33(32(23-29)38-34(42)22-26-10-15-30(47-2)16-11-26)40-18-20-41(21-19-40)37(46)28-6-4-3-5-7-28/h3-17,23,31H,18-22,24H2,1-2H3,(H,38,42)(H,39,45)(H,43,44). The Morgan fingerprint density at radius 1 is 0.830 bits per heavy atom. The second kappa shape index (κ2) is 15.1. The first-order valence-electron chi connectivity index (χ1n) is 15.5. The van der Waals surface area contributed by atoms with Gasteiger partial charge in [-0.05, 0) is 60.5 Å². The number of rotatable bonds is 11. The van der Waals surface area contributed by atoms with Gasteiger partial charge >= 0.3 is 5.97 Å². The van der Waals surface area contributed by atoms with Crippen LogP contribution in [0.2, 0.25) is 0 Å². The molecule has 1 unspecified atom stereocenters. The van der Waals surface area contributed by atoms with Gasteiger partial charge in [0, 0.05) is 37.3 Å². The highest BCUT2D eigenvalue weighted by Crippen LogP contribution is 2.30. The lowest BCUT2D eigenvalue weighted by molar-refractivity contribution is -0.137. The van der Waals surface area contributed by atoms with Crippen molar-refractivity contribution in [1.29, 1.82) is 0 Å². The Hall–Kier alpha value is -5.64. The number of benzene rings is 4. The van der Waals surface area contributed by atoms with Crippen molar-refractivity contribution in [2.45, 2.75) is 25.8 Å². The van der Waals surface area contributed by atoms with Crippen molar-refractivity contribution >= 4 is 35.1 Å². The molecule has 242 valence electrons. The Labute approximate surface area is 274 Å². The first kappa shape index (κ1) is 32.7. The van der Waals surface area contributed by atoms with E-state index >= 15 is 0 Å². The van der Waals surface area contributed by atoms with Crippen LogP contribution in [-0.4, -0.2) is 67.0 Å². The van der Waals surface area contributed by atoms with Crippen LogP contribution in [0.15, 0.2) is 97.1 Å². The van der Waals surface area contributed by atoms with E-state index in [1.165, 1.54) is 0 Å². The molecule has 3 N–H and O–H groups in total. The number of aliphatic carboxylic acids is 1. The monoisotopic (exact) mass is 634 g/mol. The van der Waals surface area contributed by atoms with Crippen molar-refractivity contribution in [3.63, 3.8) is 0 Å². The molecule has 5 rings (SSSR count). The topological polar surface area (TPSA) is 128 Å². The summed E-state index contributed by atoms with van der Waals surface area (Å²) in [6, 6.07) is 28.0. The number of anilines is 2. The smallest absolute Gasteiger partial charge is 0.305 e. The summed E-state index contributed by atoms with van der Waals surface area (Å²) in [7, 11) is 1.58. The summed E-state index contributed by atoms with van der Waals surface area (Å²) in [5.41, 5.74) is 4.56. The highest BCUT2D eigenvalue weighted by atomic mass is 16.5. The lowest BCUT2D eigenvalue weighted by atomic mass is 10.0. The molecule has 4 aromatic carbocycles. The summed E-state index contributed by atoms with van der Waals surface area (Å²) in [5.74, 6) is -1.12. The van der Waals surface area contributed by atoms with Gasteiger partial charge in [-0.2, -0.15) is 0 Å². The Morgan fingerprint density at radius 2 is 1.51 bits per heavy atom. The number of nitrogens with one attached hydrogen (secondary N) is 2. The Morgan fingerprint density at radius 3 is 2.15 bits per heavy atom. The van der Waals surface area contributed by atoms with Gasteiger partial charge in [0.1, 0.15) is 5.75 Å². The molecule has 1 atom stereocenters. The van der Waals surface area contributed by atoms with Gasteiger partial charge in [0.25, 0.3) is 11.8 Å². The second-order valence-corrected chi connectivity index (χ2v) is 11.5. The van der Waals surface area contributed by atoms with Crippen molar-refractivity contribution in [3.05, 3.63) is 125 Å². The zero-order valence-corrected chi connectivity index (χ0v) is 26.4. The third-order valence-corrected chi connectivity index (χ3v) is 8.15. The van der Waals surface area contributed by atoms with Crippen LogP contribution in [0.25, 0.3) is 0 Å². The molecule has 1 aliphatic rings. The minimum absolute atomic E-state index is 0.0326. The molecular weight excluding hydrogens is 596 g/mol. The predicted octanol–water partition coefficient (Wildman–Crippen LogP) is 5.09. The van der Waals surface area contributed by atoms with Crippen molar-refractivity contribution in [2.24, 2.45) is 0 Å². The number of hydrogen-bond acceptors (Lipinski definition) is 6. The molecule has 10 nitrogen and oxygen atoms in total. The van der Waals surface area contributed by atoms with E-state index in [0.717, 1.165) is 16.8 Å². The summed E-state index contributed by atoms with van der Waals surface area (Å²) in [4.78, 5) is 55.4. The molecule has 1 saturated heterocycles. The fourth-order valence-electron chi connectivity index (χ4n) is 5.56. The van der Waals surface area contributed by atoms with Gasteiger partial charge < -0.3 is 30.3 Å². The largest absolute Gasteiger partial charge is 0.497 e. The molecule has 0 spiro atoms. The van der Waals surface area contributed by atoms with Crippen molar-refractivity contribution in [1.82, 2.24) is 10.2 Å². The van der Waals surface area contributed by atoms with Crippen molar-refractivity contribution in [3.8, 4) is 5.75 Å². The maximum atomic E-state index is 13.5. The first-order valence-corrected chi connectivity index (χ1v) is 15.5. The molecule has 1 aliphatic heterocycles. The van der Waals surface area contributed by atoms with E-state index in [1.54, 1.807) is 61.7 Å². The number of carbonyl (C=O) groups is 4. The minimum atomic E-state index is -1.04. The third kappa shape index (κ3) is 8.55. The molecule has 47 heavy (non-hydrogen) atoms. The molecular formula is C37H38N4O6. The molecule has 0 aromatic heterocycles. The highest BCUT2D eigenvalue weighted by Gasteiger charge is 2.25. The van der Waals surface area contributed by atoms with E-state index in [9.17, 15) is 24.3 Å². The average Bonchev–Trinajstić information content (AvgIpc) is 3.08. The Bertz CT molecular complexity index is 1720. The number of aryl methyl sites for hydroxylation is 1. The highest BCUT2D eigenvalue weighted by molar-refractivity contribution is 6.01. The van der Waals surface area contributed by atoms with Gasteiger partial charge in [-0.15, -0.1) is 0 Å². The zero-order valence-electron chi connectivity index (χ0n) is 26.4. The number of amides is 3. The molecule has 0 bridgehead atoms. The quantitative estimate of drug-likeness (QED) is 0.210. The maximum Gasteiger partial charge on any atom is 0.305 e. The van der Waals surface area contributed by atoms with Crippen LogP contribution in [0.4, 0.5) is 11.4 Å². The number of piperazine rings is 1. The molecule has 1 heterocycles. The third-order valence-electron chi connectivity index (χ3n) is 8.15. The van der Waals surface area contributed by atoms with Gasteiger partial charge in [0.2, 0.25) is 5.91 Å². The number of carboxylic acids is 1. The molecule has 4 aromatic rings. The van der Waals surface area contributed by atoms with E-state index in [-0.39, 0.29) is 30.2 Å². The van der Waals surface area contributed by atoms with Gasteiger partial charge in [-0.1, -0.05) is 60.2 Å². The first-order chi connectivity index (χ1) is 22.7. The number of nitrogens with zero attached hydrogens (tertiary/aromatic N) is 2. The zero-order chi connectivity index (χ0) is 33.3. The Balaban J connectivity index is 1.37. The van der Waals surface area contributed by atoms with Gasteiger partial charge in [0.15, 0.2) is 0 Å². The SMILES string of the molecule is COc1ccc(CC(=O)Nc2cc(C(=O)NC(CC(=O)O)c3ccc(C)cc3)ccc2N2CCN(C(=O)c3ccccc3)CC2)cc1. The number of carboxylic acid groups (broad SMARTS) is 1. The van der Waals surface area contributed by atoms with Gasteiger partial charge in [-0.3, -0.25) is 19.2 Å². The number of ether oxygens (including phenoxy) is 1. The molecule has 0 saturated carbocycles. The lowest BCUT2D eigenvalue weighted by Gasteiger charge is -2.37. The van der Waals surface area contributed by atoms with Crippen LogP contribution in [0, 0.1) is 6.92 Å². The number of methoxy groups -OCH3 is 1. The van der Waals surface area contributed by atoms with E-state index in [4.69, 9.17) is 4.74 Å². The number of carbonyl (C=O) groups excluding carboxylic acids is 3. The molecule has 0 aliphatic carbocycles. The van der Waals surface area contributed by atoms with E-state index in [2.05, 4.69) is 15.5 Å². The van der Waals surface area contributed by atoms with Crippen LogP contribution < -0.4 is 20.3 Å². The van der Waals surface area contributed by atoms with Crippen LogP contribution in [-0.2, 0) is 16.0 Å². The fourth-order valence-corrected chi connectivity index (χ4v) is 5.56. The van der Waals surface area contributed by atoms with Crippen LogP contribution in [0.1, 0.15) is 49.9 Å². The summed E-state index contributed by atoms with van der Waals surface area (Å²) >= 11 is 0. The fraction of sp³-hybridized carbons (Fsp3) is 0.243. The molecule has 3 amide bonds. The Kier molecular flexibility index (Phi) is 10.5. The summed E-state index contributed by atoms with van der Waals surface area (Å²) in [6.07, 6.45) is -0.183. The predicted molar refractivity (Wildman–Crippen MR) is 180 cm³/mol. The number of hydrogen-bond donors (Lipinski definition) is 3. The summed E-state index contributed by atoms with van der Waals surface area (Å²) < 4.78 is 5.22. The lowest BCUT2D eigenvalue weighted by Crippen LogP contribution is -2.49. The van der Waals surface area contributed by atoms with E-state index in [0.29, 0.717) is 48.7 Å². The van der Waals surface area contributed by atoms with Crippen LogP contribution in [0.3, 0.4) is 0 Å². The van der Waals surface area contributed by atoms with Crippen LogP contribution >= 0.6 is 0 Å². The molecule has 1 fully saturated rings. The van der Waals surface area contributed by atoms with Crippen molar-refractivity contribution in [2.75, 3.05) is 43.5 Å². The van der Waals surface area contributed by atoms with Crippen LogP contribution in [0.5, 0.6) is 5.75 Å². The molecule has 10 heteroatoms. The van der Waals surface area contributed by atoms with E-state index < -0.39 is 17.9 Å². The summed E-state index contributed by atoms with van der Waals surface area (Å²) in [5, 5.41) is 15.4. The normalized spacial score (nSPS) is 13.4. The van der Waals surface area contributed by atoms with Gasteiger partial charge in [-0.25, -0.2) is 0 Å².